The standard InChI is InChI=1S/C31H38FN5O5S/c1-6-10-27-34-26(7-2)28(29(38)33-5)37(27)19-22-13-15-23(16-14-22)24-11-8-9-12-25(24)31(41-18-17-32)43(39,40)36-30-20(3)21(4)35-42-30/h8-9,11-16,31,36H,6-7,10,17-19H2,1-5H3,(H,33,38). The van der Waals surface area contributed by atoms with Gasteiger partial charge in [-0.25, -0.2) is 22.5 Å². The van der Waals surface area contributed by atoms with Crippen molar-refractivity contribution in [3.8, 4) is 11.1 Å². The average molecular weight is 612 g/mol. The van der Waals surface area contributed by atoms with E-state index in [0.29, 0.717) is 41.0 Å². The van der Waals surface area contributed by atoms with E-state index in [1.165, 1.54) is 0 Å². The van der Waals surface area contributed by atoms with E-state index in [9.17, 15) is 17.6 Å². The number of hydrogen-bond donors (Lipinski definition) is 2. The van der Waals surface area contributed by atoms with Crippen LogP contribution < -0.4 is 10.0 Å². The number of nitrogens with zero attached hydrogens (tertiary/aromatic N) is 3. The number of carbonyl (C=O) groups is 1. The fraction of sp³-hybridized carbons (Fsp3) is 0.387. The largest absolute Gasteiger partial charge is 0.354 e. The van der Waals surface area contributed by atoms with E-state index in [1.807, 2.05) is 35.8 Å². The van der Waals surface area contributed by atoms with Crippen LogP contribution in [0.25, 0.3) is 11.1 Å². The molecule has 0 spiro atoms. The first kappa shape index (κ1) is 31.9. The molecule has 2 heterocycles. The van der Waals surface area contributed by atoms with Crippen molar-refractivity contribution in [3.63, 3.8) is 0 Å². The van der Waals surface area contributed by atoms with Crippen LogP contribution in [-0.2, 0) is 34.1 Å². The molecule has 0 fully saturated rings. The van der Waals surface area contributed by atoms with Crippen molar-refractivity contribution in [2.75, 3.05) is 25.1 Å². The number of aryl methyl sites for hydroxylation is 3. The summed E-state index contributed by atoms with van der Waals surface area (Å²) in [4.78, 5) is 17.5. The second kappa shape index (κ2) is 14.0. The lowest BCUT2D eigenvalue weighted by Crippen LogP contribution is -2.25. The van der Waals surface area contributed by atoms with Crippen LogP contribution in [0.1, 0.15) is 70.1 Å². The normalized spacial score (nSPS) is 12.3. The van der Waals surface area contributed by atoms with Gasteiger partial charge in [-0.3, -0.25) is 4.79 Å². The van der Waals surface area contributed by atoms with E-state index >= 15 is 0 Å². The Labute approximate surface area is 251 Å². The maximum absolute atomic E-state index is 13.5. The smallest absolute Gasteiger partial charge is 0.269 e. The zero-order valence-electron chi connectivity index (χ0n) is 25.1. The van der Waals surface area contributed by atoms with Crippen molar-refractivity contribution in [2.45, 2.75) is 58.9 Å². The monoisotopic (exact) mass is 611 g/mol. The van der Waals surface area contributed by atoms with Crippen molar-refractivity contribution in [1.29, 1.82) is 0 Å². The summed E-state index contributed by atoms with van der Waals surface area (Å²) in [5.74, 6) is 0.662. The van der Waals surface area contributed by atoms with Gasteiger partial charge in [-0.2, -0.15) is 0 Å². The first-order chi connectivity index (χ1) is 20.6. The fourth-order valence-electron chi connectivity index (χ4n) is 4.89. The van der Waals surface area contributed by atoms with Crippen molar-refractivity contribution >= 4 is 21.8 Å². The molecule has 4 rings (SSSR count). The van der Waals surface area contributed by atoms with Gasteiger partial charge in [0.25, 0.3) is 15.9 Å². The van der Waals surface area contributed by atoms with Gasteiger partial charge >= 0.3 is 0 Å². The molecule has 1 amide bonds. The molecular weight excluding hydrogens is 573 g/mol. The molecule has 0 aliphatic heterocycles. The maximum atomic E-state index is 13.5. The van der Waals surface area contributed by atoms with E-state index < -0.39 is 28.7 Å². The summed E-state index contributed by atoms with van der Waals surface area (Å²) in [6.07, 6.45) is 2.27. The second-order valence-corrected chi connectivity index (χ2v) is 11.9. The van der Waals surface area contributed by atoms with Gasteiger partial charge in [0.2, 0.25) is 11.3 Å². The number of halogens is 1. The van der Waals surface area contributed by atoms with Gasteiger partial charge in [-0.1, -0.05) is 67.5 Å². The minimum absolute atomic E-state index is 0.0162. The van der Waals surface area contributed by atoms with Crippen molar-refractivity contribution < 1.29 is 26.9 Å². The van der Waals surface area contributed by atoms with Crippen molar-refractivity contribution in [1.82, 2.24) is 20.0 Å². The predicted molar refractivity (Wildman–Crippen MR) is 163 cm³/mol. The molecule has 1 unspecified atom stereocenters. The Kier molecular flexibility index (Phi) is 10.4. The molecule has 10 nitrogen and oxygen atoms in total. The Morgan fingerprint density at radius 2 is 1.84 bits per heavy atom. The van der Waals surface area contributed by atoms with Crippen LogP contribution in [0.15, 0.2) is 53.1 Å². The van der Waals surface area contributed by atoms with Crippen LogP contribution in [0.3, 0.4) is 0 Å². The Hall–Kier alpha value is -4.03. The molecule has 0 radical (unpaired) electrons. The molecule has 0 aliphatic rings. The Bertz CT molecular complexity index is 1660. The molecule has 0 bridgehead atoms. The van der Waals surface area contributed by atoms with Gasteiger partial charge < -0.3 is 19.1 Å². The summed E-state index contributed by atoms with van der Waals surface area (Å²) in [6.45, 7) is 6.63. The van der Waals surface area contributed by atoms with Crippen LogP contribution in [0, 0.1) is 13.8 Å². The number of hydrogen-bond acceptors (Lipinski definition) is 7. The number of alkyl halides is 1. The number of imidazole rings is 1. The van der Waals surface area contributed by atoms with Crippen LogP contribution in [-0.4, -0.2) is 49.4 Å². The quantitative estimate of drug-likeness (QED) is 0.193. The minimum Gasteiger partial charge on any atom is -0.354 e. The summed E-state index contributed by atoms with van der Waals surface area (Å²) in [5, 5.41) is 6.54. The van der Waals surface area contributed by atoms with Gasteiger partial charge in [0, 0.05) is 31.1 Å². The molecule has 0 saturated carbocycles. The number of ether oxygens (including phenoxy) is 1. The highest BCUT2D eigenvalue weighted by molar-refractivity contribution is 7.92. The third kappa shape index (κ3) is 6.97. The number of benzene rings is 2. The topological polar surface area (TPSA) is 128 Å². The summed E-state index contributed by atoms with van der Waals surface area (Å²) in [6, 6.07) is 14.6. The van der Waals surface area contributed by atoms with Crippen LogP contribution in [0.4, 0.5) is 10.3 Å². The Morgan fingerprint density at radius 1 is 1.12 bits per heavy atom. The first-order valence-corrected chi connectivity index (χ1v) is 15.8. The zero-order chi connectivity index (χ0) is 31.1. The molecule has 12 heteroatoms. The molecule has 0 saturated heterocycles. The molecule has 2 aromatic heterocycles. The first-order valence-electron chi connectivity index (χ1n) is 14.3. The van der Waals surface area contributed by atoms with Gasteiger partial charge in [-0.15, -0.1) is 0 Å². The van der Waals surface area contributed by atoms with Gasteiger partial charge in [0.05, 0.1) is 18.0 Å². The lowest BCUT2D eigenvalue weighted by Gasteiger charge is -2.21. The maximum Gasteiger partial charge on any atom is 0.269 e. The highest BCUT2D eigenvalue weighted by Crippen LogP contribution is 2.35. The Balaban J connectivity index is 1.69. The summed E-state index contributed by atoms with van der Waals surface area (Å²) in [7, 11) is -2.63. The van der Waals surface area contributed by atoms with Crippen molar-refractivity contribution in [2.24, 2.45) is 0 Å². The van der Waals surface area contributed by atoms with E-state index in [1.54, 1.807) is 45.2 Å². The third-order valence-corrected chi connectivity index (χ3v) is 8.63. The van der Waals surface area contributed by atoms with Crippen LogP contribution in [0.2, 0.25) is 0 Å². The lowest BCUT2D eigenvalue weighted by atomic mass is 9.99. The molecule has 4 aromatic rings. The van der Waals surface area contributed by atoms with Gasteiger partial charge in [0.1, 0.15) is 18.2 Å². The number of carbonyl (C=O) groups excluding carboxylic acids is 1. The van der Waals surface area contributed by atoms with E-state index in [2.05, 4.69) is 22.1 Å². The van der Waals surface area contributed by atoms with Crippen molar-refractivity contribution in [3.05, 3.63) is 88.1 Å². The predicted octanol–water partition coefficient (Wildman–Crippen LogP) is 5.50. The number of amides is 1. The molecule has 230 valence electrons. The number of nitrogens with one attached hydrogen (secondary N) is 2. The summed E-state index contributed by atoms with van der Waals surface area (Å²) >= 11 is 0. The molecule has 2 aromatic carbocycles. The van der Waals surface area contributed by atoms with E-state index in [0.717, 1.165) is 35.5 Å². The number of sulfonamides is 1. The number of rotatable bonds is 14. The van der Waals surface area contributed by atoms with Crippen LogP contribution >= 0.6 is 0 Å². The highest BCUT2D eigenvalue weighted by Gasteiger charge is 2.32. The molecular formula is C31H38FN5O5S. The minimum atomic E-state index is -4.24. The van der Waals surface area contributed by atoms with E-state index in [4.69, 9.17) is 14.2 Å². The number of anilines is 1. The molecule has 0 aliphatic carbocycles. The highest BCUT2D eigenvalue weighted by atomic mass is 32.2. The summed E-state index contributed by atoms with van der Waals surface area (Å²) in [5.41, 5.74) is 3.54. The molecule has 1 atom stereocenters. The molecule has 43 heavy (non-hydrogen) atoms. The SMILES string of the molecule is CCCc1nc(CC)c(C(=O)NC)n1Cc1ccc(-c2ccccc2C(OCCF)S(=O)(=O)Nc2onc(C)c2C)cc1. The average Bonchev–Trinajstić information content (AvgIpc) is 3.51. The van der Waals surface area contributed by atoms with Crippen LogP contribution in [0.5, 0.6) is 0 Å². The Morgan fingerprint density at radius 3 is 2.44 bits per heavy atom. The zero-order valence-corrected chi connectivity index (χ0v) is 25.9. The third-order valence-electron chi connectivity index (χ3n) is 7.21. The lowest BCUT2D eigenvalue weighted by molar-refractivity contribution is 0.0934. The van der Waals surface area contributed by atoms with E-state index in [-0.39, 0.29) is 11.8 Å². The second-order valence-electron chi connectivity index (χ2n) is 10.1. The van der Waals surface area contributed by atoms with Gasteiger partial charge in [-0.05, 0) is 43.4 Å². The fourth-order valence-corrected chi connectivity index (χ4v) is 6.26. The molecule has 2 N–H and O–H groups in total. The number of aromatic nitrogens is 3. The van der Waals surface area contributed by atoms with Gasteiger partial charge in [0.15, 0.2) is 0 Å². The summed E-state index contributed by atoms with van der Waals surface area (Å²) < 4.78 is 55.4.